The normalized spacial score (nSPS) is 16.5. The average Bonchev–Trinajstić information content (AvgIpc) is 2.74. The maximum absolute atomic E-state index is 14.4. The summed E-state index contributed by atoms with van der Waals surface area (Å²) in [6.07, 6.45) is 1.88. The van der Waals surface area contributed by atoms with Gasteiger partial charge < -0.3 is 24.6 Å². The van der Waals surface area contributed by atoms with Crippen molar-refractivity contribution in [3.8, 4) is 17.2 Å². The van der Waals surface area contributed by atoms with Crippen LogP contribution in [0.5, 0.6) is 17.2 Å². The summed E-state index contributed by atoms with van der Waals surface area (Å²) in [5, 5.41) is 18.2. The molecule has 1 aliphatic heterocycles. The van der Waals surface area contributed by atoms with Crippen LogP contribution in [-0.4, -0.2) is 46.7 Å². The highest BCUT2D eigenvalue weighted by molar-refractivity contribution is 5.94. The summed E-state index contributed by atoms with van der Waals surface area (Å²) >= 11 is 0. The first kappa shape index (κ1) is 23.0. The second kappa shape index (κ2) is 10.1. The summed E-state index contributed by atoms with van der Waals surface area (Å²) in [6.45, 7) is 0.580. The molecule has 32 heavy (non-hydrogen) atoms. The number of piperidine rings is 1. The van der Waals surface area contributed by atoms with Gasteiger partial charge in [-0.2, -0.15) is 0 Å². The van der Waals surface area contributed by atoms with E-state index in [1.54, 1.807) is 0 Å². The van der Waals surface area contributed by atoms with Crippen molar-refractivity contribution in [1.82, 2.24) is 4.90 Å². The molecule has 1 saturated heterocycles. The fourth-order valence-electron chi connectivity index (χ4n) is 3.40. The Hall–Kier alpha value is -3.69. The van der Waals surface area contributed by atoms with Crippen LogP contribution in [-0.2, 0) is 9.59 Å². The number of para-hydroxylation sites is 1. The Labute approximate surface area is 181 Å². The Morgan fingerprint density at radius 2 is 1.88 bits per heavy atom. The smallest absolute Gasteiger partial charge is 0.352 e. The van der Waals surface area contributed by atoms with Crippen molar-refractivity contribution >= 4 is 11.9 Å². The predicted molar refractivity (Wildman–Crippen MR) is 106 cm³/mol. The summed E-state index contributed by atoms with van der Waals surface area (Å²) < 4.78 is 52.1. The van der Waals surface area contributed by atoms with E-state index in [9.17, 15) is 27.9 Å². The largest absolute Gasteiger partial charge is 0.487 e. The number of carboxylic acids is 2. The Balaban J connectivity index is 1.72. The number of benzene rings is 2. The molecule has 10 heteroatoms. The van der Waals surface area contributed by atoms with Crippen LogP contribution in [0.4, 0.5) is 13.2 Å². The lowest BCUT2D eigenvalue weighted by molar-refractivity contribution is -0.136. The van der Waals surface area contributed by atoms with E-state index < -0.39 is 29.4 Å². The number of carboxylic acid groups (broad SMARTS) is 2. The third kappa shape index (κ3) is 5.71. The molecule has 2 aromatic carbocycles. The monoisotopic (exact) mass is 451 g/mol. The van der Waals surface area contributed by atoms with Crippen molar-refractivity contribution in [2.45, 2.75) is 12.8 Å². The minimum absolute atomic E-state index is 0.00550. The van der Waals surface area contributed by atoms with Gasteiger partial charge in [0.05, 0.1) is 12.7 Å². The zero-order chi connectivity index (χ0) is 23.3. The number of likely N-dealkylation sites (tertiary alicyclic amines) is 1. The maximum atomic E-state index is 14.4. The highest BCUT2D eigenvalue weighted by Crippen LogP contribution is 2.35. The standard InChI is InChI=1S/C22H20F3NO6/c23-15-7-6-14(9-17(15)25)32-19-5-1-4-16(24)21(19)31-12-13-3-2-8-26(11-13)18(22(29)30)10-20(27)28/h1,4-7,9-10,13H,2-3,8,11-12H2,(H,27,28)(H,29,30)/b18-10-/t13-/m0/s1. The number of nitrogens with zero attached hydrogens (tertiary/aromatic N) is 1. The number of rotatable bonds is 8. The van der Waals surface area contributed by atoms with Crippen molar-refractivity contribution in [3.05, 3.63) is 65.6 Å². The molecule has 0 spiro atoms. The van der Waals surface area contributed by atoms with Crippen LogP contribution in [0.3, 0.4) is 0 Å². The Morgan fingerprint density at radius 3 is 2.56 bits per heavy atom. The predicted octanol–water partition coefficient (Wildman–Crippen LogP) is 4.04. The van der Waals surface area contributed by atoms with Crippen LogP contribution in [0.15, 0.2) is 48.2 Å². The summed E-state index contributed by atoms with van der Waals surface area (Å²) in [7, 11) is 0. The topological polar surface area (TPSA) is 96.3 Å². The summed E-state index contributed by atoms with van der Waals surface area (Å²) in [4.78, 5) is 23.8. The third-order valence-electron chi connectivity index (χ3n) is 4.85. The zero-order valence-corrected chi connectivity index (χ0v) is 16.8. The molecule has 1 aliphatic rings. The van der Waals surface area contributed by atoms with E-state index in [1.165, 1.54) is 23.1 Å². The fraction of sp³-hybridized carbons (Fsp3) is 0.273. The van der Waals surface area contributed by atoms with Crippen molar-refractivity contribution in [2.24, 2.45) is 5.92 Å². The third-order valence-corrected chi connectivity index (χ3v) is 4.85. The van der Waals surface area contributed by atoms with Gasteiger partial charge >= 0.3 is 11.9 Å². The van der Waals surface area contributed by atoms with Gasteiger partial charge in [0.15, 0.2) is 29.0 Å². The minimum atomic E-state index is -1.37. The van der Waals surface area contributed by atoms with Gasteiger partial charge in [-0.05, 0) is 37.1 Å². The van der Waals surface area contributed by atoms with Gasteiger partial charge in [-0.3, -0.25) is 0 Å². The highest BCUT2D eigenvalue weighted by atomic mass is 19.2. The van der Waals surface area contributed by atoms with Crippen molar-refractivity contribution in [2.75, 3.05) is 19.7 Å². The van der Waals surface area contributed by atoms with E-state index in [0.29, 0.717) is 25.5 Å². The fourth-order valence-corrected chi connectivity index (χ4v) is 3.40. The average molecular weight is 451 g/mol. The van der Waals surface area contributed by atoms with E-state index in [-0.39, 0.29) is 42.0 Å². The molecule has 0 radical (unpaired) electrons. The Bertz CT molecular complexity index is 1040. The summed E-state index contributed by atoms with van der Waals surface area (Å²) in [5.74, 6) is -6.15. The van der Waals surface area contributed by atoms with Gasteiger partial charge in [0.1, 0.15) is 11.4 Å². The molecule has 2 aromatic rings. The zero-order valence-electron chi connectivity index (χ0n) is 16.8. The SMILES string of the molecule is O=C(O)/C=C(/C(=O)O)N1CCC[C@H](COc2c(F)cccc2Oc2ccc(F)c(F)c2)C1. The second-order valence-electron chi connectivity index (χ2n) is 7.18. The van der Waals surface area contributed by atoms with E-state index >= 15 is 0 Å². The molecule has 3 rings (SSSR count). The quantitative estimate of drug-likeness (QED) is 0.585. The van der Waals surface area contributed by atoms with Crippen LogP contribution >= 0.6 is 0 Å². The van der Waals surface area contributed by atoms with Gasteiger partial charge in [-0.25, -0.2) is 22.8 Å². The van der Waals surface area contributed by atoms with Crippen LogP contribution in [0.25, 0.3) is 0 Å². The number of halogens is 3. The molecule has 0 aromatic heterocycles. The van der Waals surface area contributed by atoms with Crippen LogP contribution < -0.4 is 9.47 Å². The molecule has 7 nitrogen and oxygen atoms in total. The molecule has 2 N–H and O–H groups in total. The molecular weight excluding hydrogens is 431 g/mol. The van der Waals surface area contributed by atoms with Crippen LogP contribution in [0.1, 0.15) is 12.8 Å². The number of hydrogen-bond donors (Lipinski definition) is 2. The number of carbonyl (C=O) groups is 2. The highest BCUT2D eigenvalue weighted by Gasteiger charge is 2.26. The molecule has 1 fully saturated rings. The molecule has 1 heterocycles. The van der Waals surface area contributed by atoms with Gasteiger partial charge in [0.25, 0.3) is 0 Å². The summed E-state index contributed by atoms with van der Waals surface area (Å²) in [5.41, 5.74) is -0.338. The second-order valence-corrected chi connectivity index (χ2v) is 7.18. The van der Waals surface area contributed by atoms with Gasteiger partial charge in [0, 0.05) is 25.1 Å². The lowest BCUT2D eigenvalue weighted by atomic mass is 9.98. The van der Waals surface area contributed by atoms with E-state index in [1.807, 2.05) is 0 Å². The molecule has 170 valence electrons. The first-order chi connectivity index (χ1) is 15.2. The molecule has 0 aliphatic carbocycles. The van der Waals surface area contributed by atoms with Crippen molar-refractivity contribution in [1.29, 1.82) is 0 Å². The van der Waals surface area contributed by atoms with Crippen LogP contribution in [0.2, 0.25) is 0 Å². The summed E-state index contributed by atoms with van der Waals surface area (Å²) in [6, 6.07) is 6.82. The molecule has 0 saturated carbocycles. The molecule has 1 atom stereocenters. The van der Waals surface area contributed by atoms with Gasteiger partial charge in [0.2, 0.25) is 0 Å². The van der Waals surface area contributed by atoms with Crippen molar-refractivity contribution in [3.63, 3.8) is 0 Å². The van der Waals surface area contributed by atoms with E-state index in [4.69, 9.17) is 14.6 Å². The van der Waals surface area contributed by atoms with Crippen LogP contribution in [0, 0.1) is 23.4 Å². The van der Waals surface area contributed by atoms with Crippen molar-refractivity contribution < 1.29 is 42.4 Å². The lowest BCUT2D eigenvalue weighted by Crippen LogP contribution is -2.39. The maximum Gasteiger partial charge on any atom is 0.352 e. The Kier molecular flexibility index (Phi) is 7.24. The lowest BCUT2D eigenvalue weighted by Gasteiger charge is -2.34. The van der Waals surface area contributed by atoms with E-state index in [2.05, 4.69) is 0 Å². The minimum Gasteiger partial charge on any atom is -0.487 e. The van der Waals surface area contributed by atoms with Gasteiger partial charge in [-0.1, -0.05) is 6.07 Å². The molecule has 0 bridgehead atoms. The molecule has 0 unspecified atom stereocenters. The molecular formula is C22H20F3NO6. The van der Waals surface area contributed by atoms with Gasteiger partial charge in [-0.15, -0.1) is 0 Å². The Morgan fingerprint density at radius 1 is 1.09 bits per heavy atom. The first-order valence-corrected chi connectivity index (χ1v) is 9.71. The number of hydrogen-bond acceptors (Lipinski definition) is 5. The van der Waals surface area contributed by atoms with E-state index in [0.717, 1.165) is 18.2 Å². The molecule has 0 amide bonds. The number of ether oxygens (including phenoxy) is 2. The number of aliphatic carboxylic acids is 2. The first-order valence-electron chi connectivity index (χ1n) is 9.71.